The summed E-state index contributed by atoms with van der Waals surface area (Å²) in [5, 5.41) is 3.55. The second kappa shape index (κ2) is 9.91. The van der Waals surface area contributed by atoms with Crippen LogP contribution in [-0.4, -0.2) is 41.1 Å². The number of guanidine groups is 1. The first kappa shape index (κ1) is 24.1. The van der Waals surface area contributed by atoms with Gasteiger partial charge in [-0.15, -0.1) is 0 Å². The molecule has 3 N–H and O–H groups in total. The molecule has 0 aromatic heterocycles. The smallest absolute Gasteiger partial charge is 0.485 e. The minimum Gasteiger partial charge on any atom is -0.741 e. The molecule has 174 valence electrons. The first-order valence-electron chi connectivity index (χ1n) is 10.3. The number of halogens is 3. The Balaban J connectivity index is 0.000000312. The summed E-state index contributed by atoms with van der Waals surface area (Å²) in [6.07, 6.45) is 5.96. The maximum Gasteiger partial charge on any atom is 0.485 e. The van der Waals surface area contributed by atoms with Crippen LogP contribution >= 0.6 is 0 Å². The Hall–Kier alpha value is -2.59. The number of nitrogens with zero attached hydrogens (tertiary/aromatic N) is 1. The molecule has 2 aromatic rings. The normalized spacial score (nSPS) is 23.1. The lowest BCUT2D eigenvalue weighted by Gasteiger charge is -2.29. The Kier molecular flexibility index (Phi) is 7.45. The first-order valence-corrected chi connectivity index (χ1v) is 11.8. The lowest BCUT2D eigenvalue weighted by atomic mass is 9.97. The van der Waals surface area contributed by atoms with E-state index in [0.29, 0.717) is 18.1 Å². The zero-order chi connectivity index (χ0) is 23.4. The maximum absolute atomic E-state index is 10.7. The van der Waals surface area contributed by atoms with Crippen molar-refractivity contribution < 1.29 is 30.7 Å². The van der Waals surface area contributed by atoms with Gasteiger partial charge in [0.2, 0.25) is 0 Å². The van der Waals surface area contributed by atoms with Gasteiger partial charge >= 0.3 is 11.5 Å². The van der Waals surface area contributed by atoms with E-state index in [1.807, 2.05) is 0 Å². The second-order valence-electron chi connectivity index (χ2n) is 7.94. The summed E-state index contributed by atoms with van der Waals surface area (Å²) in [7, 11) is -6.09. The number of aryl methyl sites for hydroxylation is 1. The Labute approximate surface area is 185 Å². The Morgan fingerprint density at radius 3 is 2.16 bits per heavy atom. The molecule has 2 heterocycles. The Morgan fingerprint density at radius 2 is 1.59 bits per heavy atom. The monoisotopic (exact) mass is 469 g/mol. The van der Waals surface area contributed by atoms with Crippen molar-refractivity contribution in [2.45, 2.75) is 55.7 Å². The average molecular weight is 470 g/mol. The molecule has 32 heavy (non-hydrogen) atoms. The van der Waals surface area contributed by atoms with Crippen LogP contribution in [0, 0.1) is 0 Å². The fourth-order valence-corrected chi connectivity index (χ4v) is 4.34. The number of alkyl halides is 3. The van der Waals surface area contributed by atoms with Crippen LogP contribution in [0.15, 0.2) is 60.7 Å². The van der Waals surface area contributed by atoms with Gasteiger partial charge in [-0.3, -0.25) is 15.6 Å². The van der Waals surface area contributed by atoms with Crippen molar-refractivity contribution in [3.05, 3.63) is 71.8 Å². The number of hydrogen-bond donors (Lipinski definition) is 2. The lowest BCUT2D eigenvalue weighted by molar-refractivity contribution is -0.587. The van der Waals surface area contributed by atoms with E-state index in [9.17, 15) is 13.2 Å². The van der Waals surface area contributed by atoms with E-state index < -0.39 is 15.6 Å². The number of hydrogen-bond acceptors (Lipinski definition) is 5. The van der Waals surface area contributed by atoms with Crippen LogP contribution < -0.4 is 11.1 Å². The number of rotatable bonds is 4. The molecule has 4 rings (SSSR count). The quantitative estimate of drug-likeness (QED) is 0.407. The van der Waals surface area contributed by atoms with Crippen molar-refractivity contribution in [3.63, 3.8) is 0 Å². The largest absolute Gasteiger partial charge is 0.741 e. The molecule has 6 nitrogen and oxygen atoms in total. The maximum atomic E-state index is 10.7. The summed E-state index contributed by atoms with van der Waals surface area (Å²) in [6, 6.07) is 23.0. The number of benzene rings is 2. The van der Waals surface area contributed by atoms with E-state index in [-0.39, 0.29) is 0 Å². The third-order valence-electron chi connectivity index (χ3n) is 5.82. The number of fused-ring (bicyclic) bond motifs is 1. The summed E-state index contributed by atoms with van der Waals surface area (Å²) in [6.45, 7) is 0. The van der Waals surface area contributed by atoms with Crippen LogP contribution in [0.4, 0.5) is 13.2 Å². The van der Waals surface area contributed by atoms with Gasteiger partial charge in [0, 0.05) is 6.42 Å². The minimum absolute atomic E-state index is 0.348. The third-order valence-corrected chi connectivity index (χ3v) is 6.39. The van der Waals surface area contributed by atoms with Crippen molar-refractivity contribution >= 4 is 16.1 Å². The van der Waals surface area contributed by atoms with E-state index in [2.05, 4.69) is 70.6 Å². The van der Waals surface area contributed by atoms with Gasteiger partial charge in [-0.05, 0) is 36.8 Å². The van der Waals surface area contributed by atoms with Crippen LogP contribution in [0.2, 0.25) is 0 Å². The first-order chi connectivity index (χ1) is 15.1. The highest BCUT2D eigenvalue weighted by atomic mass is 32.2. The molecule has 3 atom stereocenters. The highest BCUT2D eigenvalue weighted by Gasteiger charge is 2.40. The van der Waals surface area contributed by atoms with Crippen molar-refractivity contribution in [2.75, 3.05) is 0 Å². The molecule has 0 bridgehead atoms. The minimum atomic E-state index is -6.09. The molecule has 2 aliphatic rings. The van der Waals surface area contributed by atoms with Gasteiger partial charge in [-0.1, -0.05) is 60.7 Å². The summed E-state index contributed by atoms with van der Waals surface area (Å²) in [4.78, 5) is 0. The standard InChI is InChI=1S/C21H25N3.CHF3O3S/c22-21-23-20(17-9-5-2-6-10-17)15-19-14-13-18(24(19)21)12-11-16-7-3-1-4-8-16;2-1(3,4)8(5,6)7/h1-10,18-20H,11-15H2,(H2,22,23);(H,5,6,7)/t18-,19+,20+;/m0./s1. The van der Waals surface area contributed by atoms with Crippen LogP contribution in [0.3, 0.4) is 0 Å². The summed E-state index contributed by atoms with van der Waals surface area (Å²) in [5.74, 6) is 0.871. The topological polar surface area (TPSA) is 98.3 Å². The zero-order valence-electron chi connectivity index (χ0n) is 17.3. The van der Waals surface area contributed by atoms with Gasteiger partial charge in [-0.2, -0.15) is 13.2 Å². The van der Waals surface area contributed by atoms with E-state index in [4.69, 9.17) is 18.7 Å². The van der Waals surface area contributed by atoms with Crippen molar-refractivity contribution in [2.24, 2.45) is 5.73 Å². The predicted octanol–water partition coefficient (Wildman–Crippen LogP) is 3.26. The van der Waals surface area contributed by atoms with E-state index in [1.165, 1.54) is 30.4 Å². The fraction of sp³-hybridized carbons (Fsp3) is 0.409. The molecule has 0 aliphatic carbocycles. The van der Waals surface area contributed by atoms with Crippen LogP contribution in [0.25, 0.3) is 0 Å². The molecule has 2 aliphatic heterocycles. The van der Waals surface area contributed by atoms with Crippen molar-refractivity contribution in [3.8, 4) is 0 Å². The van der Waals surface area contributed by atoms with Crippen LogP contribution in [-0.2, 0) is 16.5 Å². The van der Waals surface area contributed by atoms with Gasteiger partial charge in [0.25, 0.3) is 0 Å². The molecule has 10 heteroatoms. The Morgan fingerprint density at radius 1 is 1.03 bits per heavy atom. The van der Waals surface area contributed by atoms with Gasteiger partial charge in [0.15, 0.2) is 10.1 Å². The van der Waals surface area contributed by atoms with Gasteiger partial charge in [-0.25, -0.2) is 8.42 Å². The van der Waals surface area contributed by atoms with Gasteiger partial charge < -0.3 is 4.55 Å². The lowest BCUT2D eigenvalue weighted by Crippen LogP contribution is -2.51. The van der Waals surface area contributed by atoms with Crippen molar-refractivity contribution in [1.29, 1.82) is 0 Å². The average Bonchev–Trinajstić information content (AvgIpc) is 3.16. The molecule has 0 spiro atoms. The molecule has 0 amide bonds. The third kappa shape index (κ3) is 6.01. The van der Waals surface area contributed by atoms with Crippen molar-refractivity contribution in [1.82, 2.24) is 5.32 Å². The van der Waals surface area contributed by atoms with Crippen LogP contribution in [0.1, 0.15) is 42.9 Å². The van der Waals surface area contributed by atoms with E-state index in [0.717, 1.165) is 18.8 Å². The molecular formula is C22H26F3N3O3S. The molecule has 1 saturated heterocycles. The van der Waals surface area contributed by atoms with Gasteiger partial charge in [0.1, 0.15) is 6.04 Å². The highest BCUT2D eigenvalue weighted by molar-refractivity contribution is 7.86. The SMILES string of the molecule is NC1=[N+]2[C@@H](CCc3ccccc3)CC[C@@H]2C[C@H](c2ccccc2)N1.O=S(=O)([O-])C(F)(F)F. The molecule has 0 radical (unpaired) electrons. The summed E-state index contributed by atoms with van der Waals surface area (Å²) >= 11 is 0. The van der Waals surface area contributed by atoms with Gasteiger partial charge in [0.05, 0.1) is 12.1 Å². The second-order valence-corrected chi connectivity index (χ2v) is 9.32. The fourth-order valence-electron chi connectivity index (χ4n) is 4.34. The summed E-state index contributed by atoms with van der Waals surface area (Å²) < 4.78 is 61.4. The zero-order valence-corrected chi connectivity index (χ0v) is 18.1. The highest BCUT2D eigenvalue weighted by Crippen LogP contribution is 2.32. The van der Waals surface area contributed by atoms with Crippen LogP contribution in [0.5, 0.6) is 0 Å². The molecular weight excluding hydrogens is 443 g/mol. The predicted molar refractivity (Wildman–Crippen MR) is 114 cm³/mol. The Bertz CT molecular complexity index is 1030. The molecule has 0 saturated carbocycles. The molecule has 2 aromatic carbocycles. The number of nitrogens with one attached hydrogen (secondary N) is 1. The molecule has 1 fully saturated rings. The molecule has 0 unspecified atom stereocenters. The summed E-state index contributed by atoms with van der Waals surface area (Å²) in [5.41, 5.74) is 3.56. The van der Waals surface area contributed by atoms with E-state index in [1.54, 1.807) is 0 Å². The van der Waals surface area contributed by atoms with E-state index >= 15 is 0 Å². The number of nitrogens with two attached hydrogens (primary N) is 1.